The summed E-state index contributed by atoms with van der Waals surface area (Å²) in [4.78, 5) is 4.32. The van der Waals surface area contributed by atoms with Gasteiger partial charge in [0.05, 0.1) is 5.36 Å². The first-order valence-electron chi connectivity index (χ1n) is 3.86. The van der Waals surface area contributed by atoms with Crippen LogP contribution in [0, 0.1) is 0 Å². The number of benzene rings is 1. The molecule has 1 aromatic rings. The largest absolute Gasteiger partial charge is 0.257 e. The van der Waals surface area contributed by atoms with Crippen LogP contribution < -0.4 is 10.6 Å². The summed E-state index contributed by atoms with van der Waals surface area (Å²) < 4.78 is 0. The Morgan fingerprint density at radius 3 is 3.00 bits per heavy atom. The van der Waals surface area contributed by atoms with Crippen LogP contribution in [-0.4, -0.2) is 5.75 Å². The van der Waals surface area contributed by atoms with E-state index in [2.05, 4.69) is 22.5 Å². The highest BCUT2D eigenvalue weighted by atomic mass is 35.5. The average molecular weight is 212 g/mol. The van der Waals surface area contributed by atoms with Gasteiger partial charge in [0.2, 0.25) is 0 Å². The highest BCUT2D eigenvalue weighted by Gasteiger charge is 1.87. The molecule has 3 heteroatoms. The number of hydrogen-bond donors (Lipinski definition) is 0. The number of nitrogens with zero attached hydrogens (tertiary/aromatic N) is 1. The van der Waals surface area contributed by atoms with Gasteiger partial charge >= 0.3 is 0 Å². The maximum Gasteiger partial charge on any atom is 0.0706 e. The first kappa shape index (κ1) is 10.4. The standard InChI is InChI=1S/C10H9NS.ClH/c1-2-5-10-9(4-1)8-12-7-3-6-11-10;/h1-6,8H,7H2;1H/b6-3-,9-8-,11-10+;. The molecule has 0 saturated carbocycles. The van der Waals surface area contributed by atoms with Gasteiger partial charge in [-0.25, -0.2) is 0 Å². The first-order chi connectivity index (χ1) is 5.97. The van der Waals surface area contributed by atoms with Crippen LogP contribution >= 0.6 is 24.2 Å². The molecule has 0 N–H and O–H groups in total. The highest BCUT2D eigenvalue weighted by molar-refractivity contribution is 8.06. The first-order valence-corrected chi connectivity index (χ1v) is 4.91. The van der Waals surface area contributed by atoms with Crippen molar-refractivity contribution in [2.24, 2.45) is 4.99 Å². The van der Waals surface area contributed by atoms with E-state index in [1.165, 1.54) is 5.22 Å². The summed E-state index contributed by atoms with van der Waals surface area (Å²) in [5, 5.41) is 4.43. The molecule has 0 fully saturated rings. The summed E-state index contributed by atoms with van der Waals surface area (Å²) in [7, 11) is 0. The summed E-state index contributed by atoms with van der Waals surface area (Å²) in [5.74, 6) is 1.01. The molecule has 0 unspecified atom stereocenters. The zero-order valence-electron chi connectivity index (χ0n) is 7.01. The third-order valence-corrected chi connectivity index (χ3v) is 2.46. The van der Waals surface area contributed by atoms with E-state index in [9.17, 15) is 0 Å². The lowest BCUT2D eigenvalue weighted by molar-refractivity contribution is 1.30. The van der Waals surface area contributed by atoms with Gasteiger partial charge in [-0.05, 0) is 11.5 Å². The van der Waals surface area contributed by atoms with Gasteiger partial charge in [-0.2, -0.15) is 0 Å². The molecule has 0 saturated heterocycles. The third-order valence-electron chi connectivity index (χ3n) is 1.66. The van der Waals surface area contributed by atoms with Crippen molar-refractivity contribution in [3.63, 3.8) is 0 Å². The number of fused-ring (bicyclic) bond motifs is 1. The third kappa shape index (κ3) is 2.61. The minimum atomic E-state index is 0. The van der Waals surface area contributed by atoms with Crippen molar-refractivity contribution < 1.29 is 0 Å². The second-order valence-electron chi connectivity index (χ2n) is 2.52. The monoisotopic (exact) mass is 211 g/mol. The number of rotatable bonds is 0. The quantitative estimate of drug-likeness (QED) is 0.637. The van der Waals surface area contributed by atoms with Crippen molar-refractivity contribution in [2.45, 2.75) is 0 Å². The Balaban J connectivity index is 0.000000845. The molecule has 68 valence electrons. The fourth-order valence-electron chi connectivity index (χ4n) is 1.07. The van der Waals surface area contributed by atoms with E-state index in [0.29, 0.717) is 0 Å². The van der Waals surface area contributed by atoms with Gasteiger partial charge < -0.3 is 0 Å². The van der Waals surface area contributed by atoms with Gasteiger partial charge in [-0.15, -0.1) is 24.2 Å². The van der Waals surface area contributed by atoms with Crippen LogP contribution in [0.4, 0.5) is 0 Å². The summed E-state index contributed by atoms with van der Waals surface area (Å²) in [6, 6.07) is 8.17. The number of thioether (sulfide) groups is 1. The van der Waals surface area contributed by atoms with Crippen molar-refractivity contribution in [3.05, 3.63) is 47.1 Å². The van der Waals surface area contributed by atoms with Gasteiger partial charge in [-0.3, -0.25) is 4.99 Å². The molecule has 0 atom stereocenters. The lowest BCUT2D eigenvalue weighted by atomic mass is 10.3. The minimum Gasteiger partial charge on any atom is -0.257 e. The van der Waals surface area contributed by atoms with Gasteiger partial charge in [0.25, 0.3) is 0 Å². The normalized spacial score (nSPS) is 21.5. The molecule has 2 rings (SSSR count). The van der Waals surface area contributed by atoms with Gasteiger partial charge in [0.15, 0.2) is 0 Å². The van der Waals surface area contributed by atoms with E-state index >= 15 is 0 Å². The van der Waals surface area contributed by atoms with Crippen molar-refractivity contribution in [1.82, 2.24) is 0 Å². The van der Waals surface area contributed by atoms with Crippen LogP contribution in [0.15, 0.2) is 41.5 Å². The molecule has 1 aromatic carbocycles. The summed E-state index contributed by atoms with van der Waals surface area (Å²) in [5.41, 5.74) is 0. The van der Waals surface area contributed by atoms with Crippen LogP contribution in [0.25, 0.3) is 5.41 Å². The van der Waals surface area contributed by atoms with E-state index in [1.54, 1.807) is 11.8 Å². The molecule has 0 amide bonds. The molecule has 1 aliphatic rings. The smallest absolute Gasteiger partial charge is 0.0706 e. The number of halogens is 1. The van der Waals surface area contributed by atoms with E-state index in [-0.39, 0.29) is 12.4 Å². The second kappa shape index (κ2) is 5.10. The number of para-hydroxylation sites is 1. The van der Waals surface area contributed by atoms with Crippen LogP contribution in [0.3, 0.4) is 0 Å². The molecule has 1 heterocycles. The molecular weight excluding hydrogens is 202 g/mol. The van der Waals surface area contributed by atoms with Crippen molar-refractivity contribution in [2.75, 3.05) is 5.75 Å². The topological polar surface area (TPSA) is 12.4 Å². The SMILES string of the molecule is C1=C/N=c2\cccc\c2=C\SC\1.Cl. The Kier molecular flexibility index (Phi) is 4.06. The predicted octanol–water partition coefficient (Wildman–Crippen LogP) is 1.73. The van der Waals surface area contributed by atoms with Crippen LogP contribution in [0.5, 0.6) is 0 Å². The maximum absolute atomic E-state index is 4.32. The Hall–Kier alpha value is -0.730. The van der Waals surface area contributed by atoms with Gasteiger partial charge in [-0.1, -0.05) is 24.3 Å². The maximum atomic E-state index is 4.32. The second-order valence-corrected chi connectivity index (χ2v) is 3.43. The van der Waals surface area contributed by atoms with E-state index in [0.717, 1.165) is 11.1 Å². The zero-order valence-corrected chi connectivity index (χ0v) is 8.65. The zero-order chi connectivity index (χ0) is 8.23. The van der Waals surface area contributed by atoms with Gasteiger partial charge in [0.1, 0.15) is 0 Å². The summed E-state index contributed by atoms with van der Waals surface area (Å²) in [6.45, 7) is 0. The summed E-state index contributed by atoms with van der Waals surface area (Å²) >= 11 is 1.80. The molecular formula is C10H10ClNS. The predicted molar refractivity (Wildman–Crippen MR) is 60.5 cm³/mol. The Morgan fingerprint density at radius 1 is 1.23 bits per heavy atom. The van der Waals surface area contributed by atoms with Crippen LogP contribution in [0.2, 0.25) is 0 Å². The van der Waals surface area contributed by atoms with Crippen molar-refractivity contribution in [1.29, 1.82) is 0 Å². The lowest BCUT2D eigenvalue weighted by Gasteiger charge is -1.93. The molecule has 0 aromatic heterocycles. The lowest BCUT2D eigenvalue weighted by Crippen LogP contribution is -2.23. The molecule has 0 radical (unpaired) electrons. The molecule has 0 bridgehead atoms. The Labute approximate surface area is 87.7 Å². The average Bonchev–Trinajstić information content (AvgIpc) is 2.06. The minimum absolute atomic E-state index is 0. The highest BCUT2D eigenvalue weighted by Crippen LogP contribution is 2.01. The van der Waals surface area contributed by atoms with E-state index in [4.69, 9.17) is 0 Å². The van der Waals surface area contributed by atoms with E-state index in [1.807, 2.05) is 24.4 Å². The van der Waals surface area contributed by atoms with Crippen molar-refractivity contribution in [3.8, 4) is 0 Å². The fraction of sp³-hybridized carbons (Fsp3) is 0.100. The van der Waals surface area contributed by atoms with Crippen molar-refractivity contribution >= 4 is 29.6 Å². The number of hydrogen-bond acceptors (Lipinski definition) is 2. The Morgan fingerprint density at radius 2 is 2.08 bits per heavy atom. The molecule has 13 heavy (non-hydrogen) atoms. The fourth-order valence-corrected chi connectivity index (χ4v) is 1.75. The molecule has 1 aliphatic heterocycles. The molecule has 0 aliphatic carbocycles. The van der Waals surface area contributed by atoms with Gasteiger partial charge in [0, 0.05) is 17.2 Å². The Bertz CT molecular complexity index is 411. The summed E-state index contributed by atoms with van der Waals surface area (Å²) in [6.07, 6.45) is 3.94. The van der Waals surface area contributed by atoms with E-state index < -0.39 is 0 Å². The van der Waals surface area contributed by atoms with Crippen LogP contribution in [-0.2, 0) is 0 Å². The molecule has 0 spiro atoms. The van der Waals surface area contributed by atoms with Crippen LogP contribution in [0.1, 0.15) is 0 Å². The molecule has 1 nitrogen and oxygen atoms in total.